The summed E-state index contributed by atoms with van der Waals surface area (Å²) in [6.45, 7) is 4.56. The first-order valence-corrected chi connectivity index (χ1v) is 6.89. The summed E-state index contributed by atoms with van der Waals surface area (Å²) >= 11 is 0. The van der Waals surface area contributed by atoms with Crippen molar-refractivity contribution in [2.45, 2.75) is 20.4 Å². The number of fused-ring (bicyclic) bond motifs is 1. The number of benzene rings is 2. The van der Waals surface area contributed by atoms with Gasteiger partial charge >= 0.3 is 0 Å². The molecule has 0 aliphatic heterocycles. The first kappa shape index (κ1) is 13.5. The lowest BCUT2D eigenvalue weighted by molar-refractivity contribution is 1.01. The quantitative estimate of drug-likeness (QED) is 0.757. The van der Waals surface area contributed by atoms with Crippen molar-refractivity contribution in [3.63, 3.8) is 0 Å². The average Bonchev–Trinajstić information content (AvgIpc) is 2.50. The third-order valence-electron chi connectivity index (χ3n) is 3.87. The fraction of sp³-hybridized carbons (Fsp3) is 0.176. The van der Waals surface area contributed by atoms with Gasteiger partial charge in [0.1, 0.15) is 0 Å². The minimum absolute atomic E-state index is 0.157. The Hall–Kier alpha value is -2.46. The molecule has 4 heteroatoms. The van der Waals surface area contributed by atoms with E-state index in [0.29, 0.717) is 11.9 Å². The highest BCUT2D eigenvalue weighted by molar-refractivity contribution is 5.94. The summed E-state index contributed by atoms with van der Waals surface area (Å²) in [5.41, 5.74) is 10.5. The summed E-state index contributed by atoms with van der Waals surface area (Å²) in [4.78, 5) is 12.0. The molecule has 4 nitrogen and oxygen atoms in total. The molecule has 3 aromatic rings. The summed E-state index contributed by atoms with van der Waals surface area (Å²) in [5.74, 6) is 0. The monoisotopic (exact) mass is 279 g/mol. The Kier molecular flexibility index (Phi) is 3.31. The molecule has 0 fully saturated rings. The molecule has 0 aliphatic carbocycles. The number of nitrogens with zero attached hydrogens (tertiary/aromatic N) is 1. The van der Waals surface area contributed by atoms with Gasteiger partial charge in [-0.1, -0.05) is 24.3 Å². The van der Waals surface area contributed by atoms with E-state index in [2.05, 4.69) is 10.2 Å². The van der Waals surface area contributed by atoms with Gasteiger partial charge in [0.15, 0.2) is 0 Å². The van der Waals surface area contributed by atoms with Crippen molar-refractivity contribution in [3.8, 4) is 11.3 Å². The van der Waals surface area contributed by atoms with Crippen molar-refractivity contribution in [1.29, 1.82) is 0 Å². The Morgan fingerprint density at radius 2 is 1.67 bits per heavy atom. The lowest BCUT2D eigenvalue weighted by Gasteiger charge is -2.08. The molecule has 21 heavy (non-hydrogen) atoms. The molecule has 0 saturated heterocycles. The molecule has 0 amide bonds. The summed E-state index contributed by atoms with van der Waals surface area (Å²) < 4.78 is 0. The molecule has 3 rings (SSSR count). The maximum atomic E-state index is 12.0. The number of rotatable bonds is 2. The Balaban J connectivity index is 2.29. The Morgan fingerprint density at radius 1 is 1.05 bits per heavy atom. The van der Waals surface area contributed by atoms with Gasteiger partial charge in [0.05, 0.1) is 11.1 Å². The smallest absolute Gasteiger partial charge is 0.272 e. The fourth-order valence-electron chi connectivity index (χ4n) is 2.45. The number of aromatic amines is 1. The molecule has 2 aromatic carbocycles. The first-order chi connectivity index (χ1) is 10.1. The van der Waals surface area contributed by atoms with Crippen LogP contribution < -0.4 is 11.3 Å². The van der Waals surface area contributed by atoms with E-state index in [9.17, 15) is 4.79 Å². The van der Waals surface area contributed by atoms with E-state index in [4.69, 9.17) is 5.73 Å². The molecule has 3 N–H and O–H groups in total. The van der Waals surface area contributed by atoms with Crippen LogP contribution in [0.3, 0.4) is 0 Å². The van der Waals surface area contributed by atoms with Crippen LogP contribution in [0, 0.1) is 13.8 Å². The molecule has 0 saturated carbocycles. The second-order valence-corrected chi connectivity index (χ2v) is 5.28. The molecule has 0 radical (unpaired) electrons. The minimum Gasteiger partial charge on any atom is -0.326 e. The number of hydrogen-bond donors (Lipinski definition) is 2. The summed E-state index contributed by atoms with van der Waals surface area (Å²) in [5, 5.41) is 8.37. The average molecular weight is 279 g/mol. The zero-order valence-electron chi connectivity index (χ0n) is 12.1. The standard InChI is InChI=1S/C17H17N3O/c1-10-7-14-15(8-11(10)2)17(21)20-19-16(14)13-5-3-12(9-18)4-6-13/h3-8H,9,18H2,1-2H3,(H,20,21). The zero-order valence-corrected chi connectivity index (χ0v) is 12.1. The Bertz CT molecular complexity index is 864. The maximum Gasteiger partial charge on any atom is 0.272 e. The normalized spacial score (nSPS) is 11.0. The molecule has 0 spiro atoms. The zero-order chi connectivity index (χ0) is 15.0. The van der Waals surface area contributed by atoms with Crippen LogP contribution in [-0.4, -0.2) is 10.2 Å². The number of nitrogens with one attached hydrogen (secondary N) is 1. The van der Waals surface area contributed by atoms with E-state index >= 15 is 0 Å². The highest BCUT2D eigenvalue weighted by Gasteiger charge is 2.10. The lowest BCUT2D eigenvalue weighted by atomic mass is 9.99. The van der Waals surface area contributed by atoms with E-state index in [1.165, 1.54) is 0 Å². The van der Waals surface area contributed by atoms with E-state index < -0.39 is 0 Å². The van der Waals surface area contributed by atoms with Gasteiger partial charge in [-0.2, -0.15) is 5.10 Å². The fourth-order valence-corrected chi connectivity index (χ4v) is 2.45. The number of H-pyrrole nitrogens is 1. The minimum atomic E-state index is -0.157. The highest BCUT2D eigenvalue weighted by Crippen LogP contribution is 2.26. The molecule has 0 bridgehead atoms. The molecule has 0 aliphatic rings. The predicted molar refractivity (Wildman–Crippen MR) is 85.2 cm³/mol. The van der Waals surface area contributed by atoms with Gasteiger partial charge < -0.3 is 5.73 Å². The van der Waals surface area contributed by atoms with Gasteiger partial charge in [-0.05, 0) is 42.7 Å². The van der Waals surface area contributed by atoms with Gasteiger partial charge in [-0.15, -0.1) is 0 Å². The molecular formula is C17H17N3O. The number of nitrogens with two attached hydrogens (primary N) is 1. The van der Waals surface area contributed by atoms with Crippen LogP contribution in [0.4, 0.5) is 0 Å². The van der Waals surface area contributed by atoms with Gasteiger partial charge in [0.2, 0.25) is 0 Å². The van der Waals surface area contributed by atoms with Crippen LogP contribution in [-0.2, 0) is 6.54 Å². The molecular weight excluding hydrogens is 262 g/mol. The van der Waals surface area contributed by atoms with Crippen molar-refractivity contribution >= 4 is 10.8 Å². The van der Waals surface area contributed by atoms with Crippen molar-refractivity contribution in [3.05, 3.63) is 63.4 Å². The van der Waals surface area contributed by atoms with E-state index in [1.807, 2.05) is 50.2 Å². The number of aryl methyl sites for hydroxylation is 2. The SMILES string of the molecule is Cc1cc2c(-c3ccc(CN)cc3)n[nH]c(=O)c2cc1C. The van der Waals surface area contributed by atoms with Crippen molar-refractivity contribution < 1.29 is 0 Å². The first-order valence-electron chi connectivity index (χ1n) is 6.89. The van der Waals surface area contributed by atoms with Crippen molar-refractivity contribution in [2.75, 3.05) is 0 Å². The Morgan fingerprint density at radius 3 is 2.29 bits per heavy atom. The molecule has 0 unspecified atom stereocenters. The third-order valence-corrected chi connectivity index (χ3v) is 3.87. The predicted octanol–water partition coefficient (Wildman–Crippen LogP) is 2.67. The number of aromatic nitrogens is 2. The van der Waals surface area contributed by atoms with Crippen LogP contribution in [0.2, 0.25) is 0 Å². The van der Waals surface area contributed by atoms with E-state index in [0.717, 1.165) is 33.3 Å². The van der Waals surface area contributed by atoms with Crippen LogP contribution >= 0.6 is 0 Å². The molecule has 0 atom stereocenters. The maximum absolute atomic E-state index is 12.0. The largest absolute Gasteiger partial charge is 0.326 e. The van der Waals surface area contributed by atoms with E-state index in [-0.39, 0.29) is 5.56 Å². The van der Waals surface area contributed by atoms with Gasteiger partial charge in [0.25, 0.3) is 5.56 Å². The summed E-state index contributed by atoms with van der Waals surface area (Å²) in [6.07, 6.45) is 0. The van der Waals surface area contributed by atoms with Gasteiger partial charge in [-0.25, -0.2) is 5.10 Å². The highest BCUT2D eigenvalue weighted by atomic mass is 16.1. The third kappa shape index (κ3) is 2.34. The van der Waals surface area contributed by atoms with Crippen LogP contribution in [0.5, 0.6) is 0 Å². The Labute approximate surface area is 122 Å². The second-order valence-electron chi connectivity index (χ2n) is 5.28. The molecule has 1 heterocycles. The van der Waals surface area contributed by atoms with Gasteiger partial charge in [0, 0.05) is 17.5 Å². The number of hydrogen-bond acceptors (Lipinski definition) is 3. The lowest BCUT2D eigenvalue weighted by Crippen LogP contribution is -2.10. The molecule has 1 aromatic heterocycles. The molecule has 106 valence electrons. The summed E-state index contributed by atoms with van der Waals surface area (Å²) in [6, 6.07) is 11.9. The van der Waals surface area contributed by atoms with Gasteiger partial charge in [-0.3, -0.25) is 4.79 Å². The van der Waals surface area contributed by atoms with Crippen molar-refractivity contribution in [2.24, 2.45) is 5.73 Å². The second kappa shape index (κ2) is 5.14. The van der Waals surface area contributed by atoms with Crippen molar-refractivity contribution in [1.82, 2.24) is 10.2 Å². The summed E-state index contributed by atoms with van der Waals surface area (Å²) in [7, 11) is 0. The topological polar surface area (TPSA) is 71.8 Å². The van der Waals surface area contributed by atoms with Crippen LogP contribution in [0.1, 0.15) is 16.7 Å². The van der Waals surface area contributed by atoms with Crippen LogP contribution in [0.15, 0.2) is 41.2 Å². The van der Waals surface area contributed by atoms with E-state index in [1.54, 1.807) is 0 Å². The van der Waals surface area contributed by atoms with Crippen LogP contribution in [0.25, 0.3) is 22.0 Å².